The molecule has 0 saturated carbocycles. The minimum atomic E-state index is 0.00876. The first-order valence-corrected chi connectivity index (χ1v) is 9.23. The third-order valence-electron chi connectivity index (χ3n) is 4.84. The van der Waals surface area contributed by atoms with Crippen molar-refractivity contribution < 1.29 is 19.0 Å². The second kappa shape index (κ2) is 9.17. The summed E-state index contributed by atoms with van der Waals surface area (Å²) in [4.78, 5) is 16.7. The van der Waals surface area contributed by atoms with Gasteiger partial charge in [-0.3, -0.25) is 4.79 Å². The Morgan fingerprint density at radius 3 is 2.21 bits per heavy atom. The van der Waals surface area contributed by atoms with Gasteiger partial charge in [-0.25, -0.2) is 0 Å². The van der Waals surface area contributed by atoms with Gasteiger partial charge in [-0.15, -0.1) is 0 Å². The fraction of sp³-hybridized carbons (Fsp3) is 0.318. The van der Waals surface area contributed by atoms with E-state index in [2.05, 4.69) is 4.90 Å². The van der Waals surface area contributed by atoms with E-state index < -0.39 is 0 Å². The second-order valence-corrected chi connectivity index (χ2v) is 6.43. The highest BCUT2D eigenvalue weighted by Crippen LogP contribution is 2.29. The van der Waals surface area contributed by atoms with Crippen LogP contribution in [0.5, 0.6) is 17.2 Å². The van der Waals surface area contributed by atoms with Crippen molar-refractivity contribution in [3.8, 4) is 17.2 Å². The molecule has 0 spiro atoms. The van der Waals surface area contributed by atoms with Crippen molar-refractivity contribution >= 4 is 17.7 Å². The Balaban J connectivity index is 1.60. The molecule has 3 rings (SSSR count). The third-order valence-corrected chi connectivity index (χ3v) is 4.84. The standard InChI is InChI=1S/C22H26N2O4/c1-26-19-7-5-4-6-18(19)23-12-14-24(15-13-23)22(25)11-9-17-8-10-20(27-2)21(16-17)28-3/h4-11,16H,12-15H2,1-3H3. The molecule has 0 atom stereocenters. The highest BCUT2D eigenvalue weighted by molar-refractivity contribution is 5.92. The average Bonchev–Trinajstić information content (AvgIpc) is 2.77. The fourth-order valence-electron chi connectivity index (χ4n) is 3.29. The van der Waals surface area contributed by atoms with Gasteiger partial charge in [0, 0.05) is 32.3 Å². The lowest BCUT2D eigenvalue weighted by atomic mass is 10.1. The molecule has 0 unspecified atom stereocenters. The number of methoxy groups -OCH3 is 3. The summed E-state index contributed by atoms with van der Waals surface area (Å²) in [5.41, 5.74) is 1.96. The lowest BCUT2D eigenvalue weighted by Gasteiger charge is -2.36. The van der Waals surface area contributed by atoms with Gasteiger partial charge < -0.3 is 24.0 Å². The zero-order valence-corrected chi connectivity index (χ0v) is 16.6. The monoisotopic (exact) mass is 382 g/mol. The number of hydrogen-bond donors (Lipinski definition) is 0. The summed E-state index contributed by atoms with van der Waals surface area (Å²) in [6.45, 7) is 2.90. The lowest BCUT2D eigenvalue weighted by molar-refractivity contribution is -0.126. The number of anilines is 1. The fourth-order valence-corrected chi connectivity index (χ4v) is 3.29. The van der Waals surface area contributed by atoms with Crippen LogP contribution in [-0.4, -0.2) is 58.3 Å². The molecule has 1 fully saturated rings. The van der Waals surface area contributed by atoms with E-state index in [0.717, 1.165) is 30.1 Å². The maximum Gasteiger partial charge on any atom is 0.246 e. The van der Waals surface area contributed by atoms with Gasteiger partial charge in [-0.1, -0.05) is 18.2 Å². The van der Waals surface area contributed by atoms with Crippen molar-refractivity contribution in [2.24, 2.45) is 0 Å². The molecule has 2 aromatic carbocycles. The maximum atomic E-state index is 12.6. The van der Waals surface area contributed by atoms with Crippen LogP contribution in [0.3, 0.4) is 0 Å². The van der Waals surface area contributed by atoms with E-state index in [1.54, 1.807) is 33.5 Å². The lowest BCUT2D eigenvalue weighted by Crippen LogP contribution is -2.48. The summed E-state index contributed by atoms with van der Waals surface area (Å²) < 4.78 is 16.0. The molecule has 2 aromatic rings. The quantitative estimate of drug-likeness (QED) is 0.719. The largest absolute Gasteiger partial charge is 0.495 e. The van der Waals surface area contributed by atoms with E-state index in [9.17, 15) is 4.79 Å². The molecule has 1 aliphatic heterocycles. The van der Waals surface area contributed by atoms with Crippen molar-refractivity contribution in [1.82, 2.24) is 4.90 Å². The molecular formula is C22H26N2O4. The third kappa shape index (κ3) is 4.39. The Morgan fingerprint density at radius 1 is 0.857 bits per heavy atom. The summed E-state index contributed by atoms with van der Waals surface area (Å²) in [5, 5.41) is 0. The number of carbonyl (C=O) groups excluding carboxylic acids is 1. The zero-order chi connectivity index (χ0) is 19.9. The number of benzene rings is 2. The van der Waals surface area contributed by atoms with Gasteiger partial charge in [0.2, 0.25) is 5.91 Å². The molecule has 6 heteroatoms. The molecule has 1 amide bonds. The van der Waals surface area contributed by atoms with E-state index >= 15 is 0 Å². The van der Waals surface area contributed by atoms with Crippen LogP contribution in [0.15, 0.2) is 48.5 Å². The van der Waals surface area contributed by atoms with Gasteiger partial charge in [0.25, 0.3) is 0 Å². The van der Waals surface area contributed by atoms with E-state index in [-0.39, 0.29) is 5.91 Å². The van der Waals surface area contributed by atoms with Crippen LogP contribution in [0.1, 0.15) is 5.56 Å². The number of rotatable bonds is 6. The Morgan fingerprint density at radius 2 is 1.54 bits per heavy atom. The van der Waals surface area contributed by atoms with Crippen LogP contribution in [-0.2, 0) is 4.79 Å². The van der Waals surface area contributed by atoms with E-state index in [4.69, 9.17) is 14.2 Å². The van der Waals surface area contributed by atoms with E-state index in [0.29, 0.717) is 24.6 Å². The number of amides is 1. The van der Waals surface area contributed by atoms with Gasteiger partial charge >= 0.3 is 0 Å². The van der Waals surface area contributed by atoms with Gasteiger partial charge in [0.05, 0.1) is 27.0 Å². The summed E-state index contributed by atoms with van der Waals surface area (Å²) >= 11 is 0. The second-order valence-electron chi connectivity index (χ2n) is 6.43. The molecule has 0 aromatic heterocycles. The SMILES string of the molecule is COc1ccc(C=CC(=O)N2CCN(c3ccccc3OC)CC2)cc1OC. The molecule has 0 bridgehead atoms. The van der Waals surface area contributed by atoms with Crippen LogP contribution in [0.25, 0.3) is 6.08 Å². The van der Waals surface area contributed by atoms with Crippen LogP contribution in [0.2, 0.25) is 0 Å². The van der Waals surface area contributed by atoms with Crippen LogP contribution < -0.4 is 19.1 Å². The minimum Gasteiger partial charge on any atom is -0.495 e. The summed E-state index contributed by atoms with van der Waals surface area (Å²) in [6.07, 6.45) is 3.41. The van der Waals surface area contributed by atoms with Gasteiger partial charge in [-0.05, 0) is 35.9 Å². The van der Waals surface area contributed by atoms with E-state index in [1.165, 1.54) is 0 Å². The highest BCUT2D eigenvalue weighted by Gasteiger charge is 2.21. The van der Waals surface area contributed by atoms with Crippen molar-refractivity contribution in [2.75, 3.05) is 52.4 Å². The summed E-state index contributed by atoms with van der Waals surface area (Å²) in [7, 11) is 4.87. The number of piperazine rings is 1. The Hall–Kier alpha value is -3.15. The molecule has 0 N–H and O–H groups in total. The van der Waals surface area contributed by atoms with Crippen LogP contribution in [0.4, 0.5) is 5.69 Å². The predicted molar refractivity (Wildman–Crippen MR) is 110 cm³/mol. The molecular weight excluding hydrogens is 356 g/mol. The zero-order valence-electron chi connectivity index (χ0n) is 16.6. The van der Waals surface area contributed by atoms with Crippen molar-refractivity contribution in [2.45, 2.75) is 0 Å². The molecule has 1 saturated heterocycles. The topological polar surface area (TPSA) is 51.2 Å². The number of hydrogen-bond acceptors (Lipinski definition) is 5. The number of nitrogens with zero attached hydrogens (tertiary/aromatic N) is 2. The molecule has 148 valence electrons. The molecule has 0 radical (unpaired) electrons. The number of para-hydroxylation sites is 2. The summed E-state index contributed by atoms with van der Waals surface area (Å²) in [5.74, 6) is 2.17. The van der Waals surface area contributed by atoms with Crippen molar-refractivity contribution in [1.29, 1.82) is 0 Å². The maximum absolute atomic E-state index is 12.6. The summed E-state index contributed by atoms with van der Waals surface area (Å²) in [6, 6.07) is 13.5. The molecule has 1 aliphatic rings. The van der Waals surface area contributed by atoms with Gasteiger partial charge in [-0.2, -0.15) is 0 Å². The Kier molecular flexibility index (Phi) is 6.42. The molecule has 0 aliphatic carbocycles. The smallest absolute Gasteiger partial charge is 0.246 e. The normalized spacial score (nSPS) is 14.2. The number of ether oxygens (including phenoxy) is 3. The van der Waals surface area contributed by atoms with Crippen LogP contribution in [0, 0.1) is 0 Å². The number of carbonyl (C=O) groups is 1. The molecule has 6 nitrogen and oxygen atoms in total. The molecule has 28 heavy (non-hydrogen) atoms. The first-order valence-electron chi connectivity index (χ1n) is 9.23. The predicted octanol–water partition coefficient (Wildman–Crippen LogP) is 3.07. The van der Waals surface area contributed by atoms with Crippen molar-refractivity contribution in [3.05, 3.63) is 54.1 Å². The first kappa shape index (κ1) is 19.6. The van der Waals surface area contributed by atoms with Crippen LogP contribution >= 0.6 is 0 Å². The Bertz CT molecular complexity index is 842. The molecule has 1 heterocycles. The van der Waals surface area contributed by atoms with Gasteiger partial charge in [0.1, 0.15) is 5.75 Å². The first-order chi connectivity index (χ1) is 13.7. The van der Waals surface area contributed by atoms with Gasteiger partial charge in [0.15, 0.2) is 11.5 Å². The highest BCUT2D eigenvalue weighted by atomic mass is 16.5. The van der Waals surface area contributed by atoms with E-state index in [1.807, 2.05) is 47.4 Å². The minimum absolute atomic E-state index is 0.00876. The van der Waals surface area contributed by atoms with Crippen molar-refractivity contribution in [3.63, 3.8) is 0 Å². The Labute approximate surface area is 165 Å². The average molecular weight is 382 g/mol.